The van der Waals surface area contributed by atoms with Gasteiger partial charge in [0.2, 0.25) is 0 Å². The monoisotopic (exact) mass is 396 g/mol. The average Bonchev–Trinajstić information content (AvgIpc) is 3.35. The van der Waals surface area contributed by atoms with Gasteiger partial charge in [-0.1, -0.05) is 19.3 Å². The lowest BCUT2D eigenvalue weighted by atomic mass is 9.92. The number of nitrogens with zero attached hydrogens (tertiary/aromatic N) is 2. The molecule has 0 radical (unpaired) electrons. The van der Waals surface area contributed by atoms with Crippen molar-refractivity contribution in [3.8, 4) is 0 Å². The number of nitro groups is 1. The number of aliphatic hydroxyl groups excluding tert-OH is 1. The maximum Gasteiger partial charge on any atom is 0.296 e. The fourth-order valence-corrected chi connectivity index (χ4v) is 4.21. The second-order valence-corrected chi connectivity index (χ2v) is 7.32. The van der Waals surface area contributed by atoms with Crippen LogP contribution in [0.25, 0.3) is 5.76 Å². The molecule has 1 aliphatic heterocycles. The molecular weight excluding hydrogens is 376 g/mol. The zero-order valence-corrected chi connectivity index (χ0v) is 15.6. The lowest BCUT2D eigenvalue weighted by Gasteiger charge is -2.34. The minimum Gasteiger partial charge on any atom is -0.507 e. The third-order valence-corrected chi connectivity index (χ3v) is 5.61. The molecule has 150 valence electrons. The third-order valence-electron chi connectivity index (χ3n) is 5.61. The molecule has 1 N–H and O–H groups in total. The second kappa shape index (κ2) is 7.54. The number of carbonyl (C=O) groups is 2. The van der Waals surface area contributed by atoms with E-state index < -0.39 is 22.7 Å². The first kappa shape index (κ1) is 18.9. The third kappa shape index (κ3) is 3.30. The fraction of sp³-hybridized carbons (Fsp3) is 0.333. The van der Waals surface area contributed by atoms with Gasteiger partial charge in [0.05, 0.1) is 16.8 Å². The topological polar surface area (TPSA) is 114 Å². The number of furan rings is 1. The molecule has 2 aromatic rings. The van der Waals surface area contributed by atoms with Crippen LogP contribution in [0.1, 0.15) is 49.5 Å². The lowest BCUT2D eigenvalue weighted by molar-refractivity contribution is -0.384. The van der Waals surface area contributed by atoms with E-state index in [-0.39, 0.29) is 28.6 Å². The molecule has 4 rings (SSSR count). The van der Waals surface area contributed by atoms with Gasteiger partial charge in [-0.25, -0.2) is 0 Å². The Morgan fingerprint density at radius 2 is 1.79 bits per heavy atom. The van der Waals surface area contributed by atoms with E-state index in [2.05, 4.69) is 0 Å². The summed E-state index contributed by atoms with van der Waals surface area (Å²) in [7, 11) is 0. The zero-order chi connectivity index (χ0) is 20.5. The van der Waals surface area contributed by atoms with Gasteiger partial charge >= 0.3 is 0 Å². The van der Waals surface area contributed by atoms with E-state index in [4.69, 9.17) is 4.42 Å². The highest BCUT2D eigenvalue weighted by Crippen LogP contribution is 2.43. The van der Waals surface area contributed by atoms with E-state index in [1.165, 1.54) is 35.4 Å². The number of nitro benzene ring substituents is 1. The van der Waals surface area contributed by atoms with E-state index in [0.717, 1.165) is 32.1 Å². The molecule has 2 aliphatic rings. The number of aliphatic hydroxyl groups is 1. The summed E-state index contributed by atoms with van der Waals surface area (Å²) in [5.41, 5.74) is 0.0463. The Balaban J connectivity index is 1.81. The van der Waals surface area contributed by atoms with Gasteiger partial charge < -0.3 is 14.4 Å². The Labute approximate surface area is 166 Å². The number of amides is 1. The predicted octanol–water partition coefficient (Wildman–Crippen LogP) is 3.94. The summed E-state index contributed by atoms with van der Waals surface area (Å²) in [5.74, 6) is -1.38. The molecule has 2 fully saturated rings. The minimum absolute atomic E-state index is 0.0515. The van der Waals surface area contributed by atoms with Crippen molar-refractivity contribution in [2.45, 2.75) is 44.2 Å². The van der Waals surface area contributed by atoms with Crippen molar-refractivity contribution < 1.29 is 24.0 Å². The van der Waals surface area contributed by atoms with E-state index in [1.807, 2.05) is 0 Å². The lowest BCUT2D eigenvalue weighted by Crippen LogP contribution is -2.40. The Bertz CT molecular complexity index is 971. The van der Waals surface area contributed by atoms with Gasteiger partial charge in [0, 0.05) is 23.7 Å². The molecule has 8 heteroatoms. The van der Waals surface area contributed by atoms with Gasteiger partial charge in [-0.15, -0.1) is 0 Å². The minimum atomic E-state index is -0.816. The number of carbonyl (C=O) groups excluding carboxylic acids is 2. The number of hydrogen-bond acceptors (Lipinski definition) is 6. The Hall–Kier alpha value is -3.42. The van der Waals surface area contributed by atoms with Crippen molar-refractivity contribution in [2.75, 3.05) is 0 Å². The molecule has 1 saturated heterocycles. The molecule has 1 saturated carbocycles. The summed E-state index contributed by atoms with van der Waals surface area (Å²) in [6.07, 6.45) is 6.09. The van der Waals surface area contributed by atoms with E-state index in [0.29, 0.717) is 5.76 Å². The zero-order valence-electron chi connectivity index (χ0n) is 15.6. The SMILES string of the molecule is O=C1C(=O)N(C2CCCCC2)C(c2ccco2)/C1=C(/O)c1ccc([N+](=O)[O-])cc1. The smallest absolute Gasteiger partial charge is 0.296 e. The molecule has 0 spiro atoms. The summed E-state index contributed by atoms with van der Waals surface area (Å²) in [6.45, 7) is 0. The van der Waals surface area contributed by atoms with Crippen LogP contribution in [-0.4, -0.2) is 32.7 Å². The highest BCUT2D eigenvalue weighted by atomic mass is 16.6. The van der Waals surface area contributed by atoms with Crippen LogP contribution in [-0.2, 0) is 9.59 Å². The van der Waals surface area contributed by atoms with Crippen molar-refractivity contribution in [1.29, 1.82) is 0 Å². The van der Waals surface area contributed by atoms with Gasteiger partial charge in [0.1, 0.15) is 17.6 Å². The van der Waals surface area contributed by atoms with Crippen LogP contribution >= 0.6 is 0 Å². The predicted molar refractivity (Wildman–Crippen MR) is 103 cm³/mol. The summed E-state index contributed by atoms with van der Waals surface area (Å²) >= 11 is 0. The Morgan fingerprint density at radius 3 is 2.38 bits per heavy atom. The molecular formula is C21H20N2O6. The van der Waals surface area contributed by atoms with E-state index in [9.17, 15) is 24.8 Å². The molecule has 1 unspecified atom stereocenters. The van der Waals surface area contributed by atoms with Gasteiger partial charge in [-0.2, -0.15) is 0 Å². The molecule has 1 atom stereocenters. The molecule has 1 aliphatic carbocycles. The maximum atomic E-state index is 12.9. The largest absolute Gasteiger partial charge is 0.507 e. The normalized spacial score (nSPS) is 22.2. The van der Waals surface area contributed by atoms with Crippen molar-refractivity contribution in [3.05, 3.63) is 69.7 Å². The van der Waals surface area contributed by atoms with Crippen LogP contribution in [0, 0.1) is 10.1 Å². The van der Waals surface area contributed by atoms with Crippen LogP contribution in [0.5, 0.6) is 0 Å². The van der Waals surface area contributed by atoms with Crippen LogP contribution in [0.3, 0.4) is 0 Å². The molecule has 2 heterocycles. The van der Waals surface area contributed by atoms with Gasteiger partial charge in [0.25, 0.3) is 17.4 Å². The van der Waals surface area contributed by atoms with Crippen molar-refractivity contribution in [2.24, 2.45) is 0 Å². The highest BCUT2D eigenvalue weighted by Gasteiger charge is 2.50. The quantitative estimate of drug-likeness (QED) is 0.275. The number of rotatable bonds is 4. The molecule has 1 amide bonds. The van der Waals surface area contributed by atoms with Crippen molar-refractivity contribution in [3.63, 3.8) is 0 Å². The van der Waals surface area contributed by atoms with Crippen LogP contribution in [0.4, 0.5) is 5.69 Å². The molecule has 29 heavy (non-hydrogen) atoms. The highest BCUT2D eigenvalue weighted by molar-refractivity contribution is 6.46. The number of likely N-dealkylation sites (tertiary alicyclic amines) is 1. The summed E-state index contributed by atoms with van der Waals surface area (Å²) < 4.78 is 5.52. The number of benzene rings is 1. The standard InChI is InChI=1S/C21H20N2O6/c24-19(13-8-10-15(11-9-13)23(27)28)17-18(16-7-4-12-29-16)22(21(26)20(17)25)14-5-2-1-3-6-14/h4,7-12,14,18,24H,1-3,5-6H2/b19-17-. The first-order chi connectivity index (χ1) is 14.0. The number of non-ortho nitro benzene ring substituents is 1. The van der Waals surface area contributed by atoms with Crippen molar-refractivity contribution in [1.82, 2.24) is 4.90 Å². The molecule has 1 aromatic carbocycles. The number of hydrogen-bond donors (Lipinski definition) is 1. The molecule has 0 bridgehead atoms. The van der Waals surface area contributed by atoms with Crippen LogP contribution in [0.15, 0.2) is 52.7 Å². The first-order valence-corrected chi connectivity index (χ1v) is 9.57. The van der Waals surface area contributed by atoms with E-state index in [1.54, 1.807) is 12.1 Å². The fourth-order valence-electron chi connectivity index (χ4n) is 4.21. The van der Waals surface area contributed by atoms with Crippen LogP contribution in [0.2, 0.25) is 0 Å². The molecule has 1 aromatic heterocycles. The van der Waals surface area contributed by atoms with Gasteiger partial charge in [0.15, 0.2) is 0 Å². The maximum absolute atomic E-state index is 12.9. The molecule has 8 nitrogen and oxygen atoms in total. The summed E-state index contributed by atoms with van der Waals surface area (Å²) in [5, 5.41) is 21.8. The second-order valence-electron chi connectivity index (χ2n) is 7.32. The number of Topliss-reactive ketones (excluding diaryl/α,β-unsaturated/α-hetero) is 1. The van der Waals surface area contributed by atoms with E-state index >= 15 is 0 Å². The summed E-state index contributed by atoms with van der Waals surface area (Å²) in [4.78, 5) is 37.7. The Kier molecular flexibility index (Phi) is 4.92. The number of ketones is 1. The van der Waals surface area contributed by atoms with Gasteiger partial charge in [-0.05, 0) is 37.1 Å². The van der Waals surface area contributed by atoms with Gasteiger partial charge in [-0.3, -0.25) is 19.7 Å². The van der Waals surface area contributed by atoms with Crippen LogP contribution < -0.4 is 0 Å². The summed E-state index contributed by atoms with van der Waals surface area (Å²) in [6, 6.07) is 7.64. The Morgan fingerprint density at radius 1 is 1.10 bits per heavy atom. The first-order valence-electron chi connectivity index (χ1n) is 9.57. The average molecular weight is 396 g/mol. The van der Waals surface area contributed by atoms with Crippen molar-refractivity contribution >= 4 is 23.1 Å².